The maximum Gasteiger partial charge on any atom is 0.168 e. The molecule has 1 aromatic rings. The highest BCUT2D eigenvalue weighted by atomic mass is 79.9. The van der Waals surface area contributed by atoms with Crippen molar-refractivity contribution in [1.29, 1.82) is 5.26 Å². The summed E-state index contributed by atoms with van der Waals surface area (Å²) in [6, 6.07) is 9.58. The Morgan fingerprint density at radius 3 is 2.83 bits per heavy atom. The number of nitrogens with zero attached hydrogens (tertiary/aromatic N) is 1. The molecule has 0 amide bonds. The number of benzene rings is 1. The molecule has 0 saturated carbocycles. The van der Waals surface area contributed by atoms with Crippen molar-refractivity contribution in [3.63, 3.8) is 0 Å². The van der Waals surface area contributed by atoms with Crippen molar-refractivity contribution >= 4 is 15.9 Å². The summed E-state index contributed by atoms with van der Waals surface area (Å²) in [4.78, 5) is 0. The first kappa shape index (κ1) is 9.24. The first-order valence-corrected chi connectivity index (χ1v) is 4.25. The highest BCUT2D eigenvalue weighted by Crippen LogP contribution is 2.19. The van der Waals surface area contributed by atoms with Crippen molar-refractivity contribution in [3.05, 3.63) is 34.3 Å². The maximum absolute atomic E-state index is 8.68. The fourth-order valence-corrected chi connectivity index (χ4v) is 1.35. The monoisotopic (exact) mass is 225 g/mol. The number of hydrogen-bond acceptors (Lipinski definition) is 2. The molecule has 0 aromatic heterocycles. The summed E-state index contributed by atoms with van der Waals surface area (Å²) < 4.78 is 5.91. The van der Waals surface area contributed by atoms with Crippen LogP contribution in [-0.2, 0) is 4.74 Å². The lowest BCUT2D eigenvalue weighted by Gasteiger charge is -2.06. The third-order valence-corrected chi connectivity index (χ3v) is 2.00. The number of hydrogen-bond donors (Lipinski definition) is 0. The predicted molar refractivity (Wildman–Crippen MR) is 49.5 cm³/mol. The molecular weight excluding hydrogens is 218 g/mol. The van der Waals surface area contributed by atoms with E-state index in [4.69, 9.17) is 10.00 Å². The van der Waals surface area contributed by atoms with Crippen molar-refractivity contribution in [2.24, 2.45) is 0 Å². The van der Waals surface area contributed by atoms with Gasteiger partial charge in [0.2, 0.25) is 0 Å². The van der Waals surface area contributed by atoms with Gasteiger partial charge < -0.3 is 4.74 Å². The molecule has 0 bridgehead atoms. The van der Waals surface area contributed by atoms with Crippen LogP contribution in [-0.4, -0.2) is 7.11 Å². The first-order valence-electron chi connectivity index (χ1n) is 3.46. The van der Waals surface area contributed by atoms with Gasteiger partial charge in [0.15, 0.2) is 6.10 Å². The summed E-state index contributed by atoms with van der Waals surface area (Å²) in [7, 11) is 1.52. The summed E-state index contributed by atoms with van der Waals surface area (Å²) in [6.45, 7) is 0. The minimum absolute atomic E-state index is 0.470. The summed E-state index contributed by atoms with van der Waals surface area (Å²) in [5.74, 6) is 0. The Balaban J connectivity index is 2.95. The molecular formula is C9H8BrNO. The Kier molecular flexibility index (Phi) is 3.27. The summed E-state index contributed by atoms with van der Waals surface area (Å²) in [5, 5.41) is 8.68. The van der Waals surface area contributed by atoms with Crippen LogP contribution in [0.15, 0.2) is 28.7 Å². The van der Waals surface area contributed by atoms with Gasteiger partial charge in [-0.25, -0.2) is 0 Å². The molecule has 0 radical (unpaired) electrons. The van der Waals surface area contributed by atoms with E-state index in [1.54, 1.807) is 0 Å². The standard InChI is InChI=1S/C9H8BrNO/c1-12-9(6-11)7-3-2-4-8(10)5-7/h2-5,9H,1H3. The molecule has 1 rings (SSSR count). The average Bonchev–Trinajstić information content (AvgIpc) is 2.07. The third kappa shape index (κ3) is 2.07. The second-order valence-corrected chi connectivity index (χ2v) is 3.22. The van der Waals surface area contributed by atoms with E-state index >= 15 is 0 Å². The highest BCUT2D eigenvalue weighted by Gasteiger charge is 2.07. The normalized spacial score (nSPS) is 12.1. The minimum Gasteiger partial charge on any atom is -0.362 e. The van der Waals surface area contributed by atoms with Crippen LogP contribution in [0.2, 0.25) is 0 Å². The molecule has 0 aliphatic carbocycles. The summed E-state index contributed by atoms with van der Waals surface area (Å²) in [5.41, 5.74) is 0.870. The molecule has 0 heterocycles. The summed E-state index contributed by atoms with van der Waals surface area (Å²) in [6.07, 6.45) is -0.470. The zero-order chi connectivity index (χ0) is 8.97. The summed E-state index contributed by atoms with van der Waals surface area (Å²) >= 11 is 3.32. The van der Waals surface area contributed by atoms with Crippen LogP contribution in [0.4, 0.5) is 0 Å². The SMILES string of the molecule is COC(C#N)c1cccc(Br)c1. The second kappa shape index (κ2) is 4.24. The van der Waals surface area contributed by atoms with Crippen LogP contribution >= 0.6 is 15.9 Å². The Hall–Kier alpha value is -0.850. The molecule has 0 fully saturated rings. The van der Waals surface area contributed by atoms with Crippen LogP contribution in [0.1, 0.15) is 11.7 Å². The Morgan fingerprint density at radius 1 is 1.58 bits per heavy atom. The van der Waals surface area contributed by atoms with Gasteiger partial charge in [-0.05, 0) is 17.7 Å². The van der Waals surface area contributed by atoms with Crippen LogP contribution in [0.25, 0.3) is 0 Å². The van der Waals surface area contributed by atoms with E-state index in [-0.39, 0.29) is 0 Å². The molecule has 1 unspecified atom stereocenters. The molecule has 3 heteroatoms. The van der Waals surface area contributed by atoms with Gasteiger partial charge in [0, 0.05) is 11.6 Å². The lowest BCUT2D eigenvalue weighted by molar-refractivity contribution is 0.148. The number of rotatable bonds is 2. The molecule has 0 spiro atoms. The molecule has 1 aromatic carbocycles. The van der Waals surface area contributed by atoms with Crippen molar-refractivity contribution in [2.75, 3.05) is 7.11 Å². The topological polar surface area (TPSA) is 33.0 Å². The van der Waals surface area contributed by atoms with Gasteiger partial charge in [-0.3, -0.25) is 0 Å². The highest BCUT2D eigenvalue weighted by molar-refractivity contribution is 9.10. The van der Waals surface area contributed by atoms with E-state index in [1.165, 1.54) is 7.11 Å². The Labute approximate surface area is 79.9 Å². The number of ether oxygens (including phenoxy) is 1. The zero-order valence-electron chi connectivity index (χ0n) is 6.62. The molecule has 1 atom stereocenters. The maximum atomic E-state index is 8.68. The van der Waals surface area contributed by atoms with Gasteiger partial charge in [-0.1, -0.05) is 28.1 Å². The third-order valence-electron chi connectivity index (χ3n) is 1.50. The van der Waals surface area contributed by atoms with E-state index in [2.05, 4.69) is 22.0 Å². The van der Waals surface area contributed by atoms with Gasteiger partial charge in [0.05, 0.1) is 6.07 Å². The van der Waals surface area contributed by atoms with Crippen LogP contribution < -0.4 is 0 Å². The quantitative estimate of drug-likeness (QED) is 0.776. The van der Waals surface area contributed by atoms with Gasteiger partial charge in [0.1, 0.15) is 0 Å². The van der Waals surface area contributed by atoms with E-state index in [9.17, 15) is 0 Å². The fourth-order valence-electron chi connectivity index (χ4n) is 0.933. The lowest BCUT2D eigenvalue weighted by atomic mass is 10.1. The molecule has 62 valence electrons. The lowest BCUT2D eigenvalue weighted by Crippen LogP contribution is -1.97. The van der Waals surface area contributed by atoms with Crippen molar-refractivity contribution in [2.45, 2.75) is 6.10 Å². The fraction of sp³-hybridized carbons (Fsp3) is 0.222. The van der Waals surface area contributed by atoms with Gasteiger partial charge in [-0.15, -0.1) is 0 Å². The zero-order valence-corrected chi connectivity index (χ0v) is 8.21. The molecule has 0 aliphatic rings. The number of halogens is 1. The van der Waals surface area contributed by atoms with Crippen molar-refractivity contribution in [1.82, 2.24) is 0 Å². The first-order chi connectivity index (χ1) is 5.77. The van der Waals surface area contributed by atoms with E-state index in [0.717, 1.165) is 10.0 Å². The smallest absolute Gasteiger partial charge is 0.168 e. The van der Waals surface area contributed by atoms with E-state index < -0.39 is 6.10 Å². The van der Waals surface area contributed by atoms with Gasteiger partial charge in [0.25, 0.3) is 0 Å². The molecule has 12 heavy (non-hydrogen) atoms. The van der Waals surface area contributed by atoms with Gasteiger partial charge >= 0.3 is 0 Å². The van der Waals surface area contributed by atoms with E-state index in [1.807, 2.05) is 24.3 Å². The average molecular weight is 226 g/mol. The van der Waals surface area contributed by atoms with Crippen LogP contribution in [0, 0.1) is 11.3 Å². The minimum atomic E-state index is -0.470. The molecule has 2 nitrogen and oxygen atoms in total. The predicted octanol–water partition coefficient (Wildman–Crippen LogP) is 2.66. The largest absolute Gasteiger partial charge is 0.362 e. The number of methoxy groups -OCH3 is 1. The second-order valence-electron chi connectivity index (χ2n) is 2.30. The van der Waals surface area contributed by atoms with Crippen LogP contribution in [0.5, 0.6) is 0 Å². The van der Waals surface area contributed by atoms with Gasteiger partial charge in [-0.2, -0.15) is 5.26 Å². The molecule has 0 N–H and O–H groups in total. The Bertz CT molecular complexity index is 306. The van der Waals surface area contributed by atoms with Crippen molar-refractivity contribution in [3.8, 4) is 6.07 Å². The number of nitriles is 1. The van der Waals surface area contributed by atoms with Crippen LogP contribution in [0.3, 0.4) is 0 Å². The molecule has 0 saturated heterocycles. The Morgan fingerprint density at radius 2 is 2.33 bits per heavy atom. The molecule has 0 aliphatic heterocycles. The van der Waals surface area contributed by atoms with E-state index in [0.29, 0.717) is 0 Å². The van der Waals surface area contributed by atoms with Crippen molar-refractivity contribution < 1.29 is 4.74 Å².